The molecule has 1 aromatic carbocycles. The van der Waals surface area contributed by atoms with Gasteiger partial charge in [0.1, 0.15) is 0 Å². The molecule has 4 rings (SSSR count). The molecule has 2 saturated heterocycles. The van der Waals surface area contributed by atoms with Gasteiger partial charge in [-0.25, -0.2) is 5.43 Å². The second-order valence-corrected chi connectivity index (χ2v) is 7.08. The highest BCUT2D eigenvalue weighted by Gasteiger charge is 2.21. The Balaban J connectivity index is 1.58. The molecule has 0 atom stereocenters. The van der Waals surface area contributed by atoms with Crippen LogP contribution in [0.25, 0.3) is 0 Å². The van der Waals surface area contributed by atoms with Crippen molar-refractivity contribution in [2.45, 2.75) is 32.6 Å². The molecule has 1 aromatic heterocycles. The van der Waals surface area contributed by atoms with Crippen molar-refractivity contribution < 1.29 is 0 Å². The van der Waals surface area contributed by atoms with Gasteiger partial charge in [0, 0.05) is 31.9 Å². The van der Waals surface area contributed by atoms with Gasteiger partial charge in [0.15, 0.2) is 0 Å². The number of benzene rings is 1. The normalized spacial score (nSPS) is 17.6. The molecule has 8 nitrogen and oxygen atoms in total. The van der Waals surface area contributed by atoms with Crippen LogP contribution in [0.2, 0.25) is 0 Å². The van der Waals surface area contributed by atoms with Gasteiger partial charge in [-0.1, -0.05) is 12.1 Å². The molecule has 8 heteroatoms. The average Bonchev–Trinajstić information content (AvgIpc) is 3.40. The summed E-state index contributed by atoms with van der Waals surface area (Å²) in [6.45, 7) is 5.93. The third-order valence-corrected chi connectivity index (χ3v) is 5.04. The van der Waals surface area contributed by atoms with Crippen LogP contribution >= 0.6 is 0 Å². The van der Waals surface area contributed by atoms with Crippen LogP contribution in [0.3, 0.4) is 0 Å². The van der Waals surface area contributed by atoms with E-state index in [9.17, 15) is 0 Å². The van der Waals surface area contributed by atoms with Gasteiger partial charge in [-0.15, -0.1) is 0 Å². The first kappa shape index (κ1) is 17.5. The number of hydrogen-bond donors (Lipinski definition) is 2. The predicted molar refractivity (Wildman–Crippen MR) is 109 cm³/mol. The van der Waals surface area contributed by atoms with Crippen molar-refractivity contribution >= 4 is 29.2 Å². The smallest absolute Gasteiger partial charge is 0.250 e. The SMILES string of the molecule is CC(=NNc1nc(N2CCCC2)nc(N2CCCC2)n1)c1ccc(N)cc1. The van der Waals surface area contributed by atoms with Crippen molar-refractivity contribution in [2.75, 3.05) is 47.1 Å². The first-order chi connectivity index (χ1) is 13.2. The van der Waals surface area contributed by atoms with E-state index in [4.69, 9.17) is 10.7 Å². The molecule has 2 aliphatic heterocycles. The molecule has 2 fully saturated rings. The summed E-state index contributed by atoms with van der Waals surface area (Å²) < 4.78 is 0. The fourth-order valence-electron chi connectivity index (χ4n) is 3.44. The van der Waals surface area contributed by atoms with E-state index in [-0.39, 0.29) is 0 Å². The van der Waals surface area contributed by atoms with Crippen LogP contribution in [0, 0.1) is 0 Å². The van der Waals surface area contributed by atoms with Gasteiger partial charge in [-0.05, 0) is 50.3 Å². The minimum atomic E-state index is 0.489. The molecule has 3 heterocycles. The number of aromatic nitrogens is 3. The molecule has 0 spiro atoms. The quantitative estimate of drug-likeness (QED) is 0.477. The zero-order valence-electron chi connectivity index (χ0n) is 15.7. The summed E-state index contributed by atoms with van der Waals surface area (Å²) in [6.07, 6.45) is 4.73. The summed E-state index contributed by atoms with van der Waals surface area (Å²) in [5.74, 6) is 1.98. The molecular weight excluding hydrogens is 340 g/mol. The van der Waals surface area contributed by atoms with Crippen LogP contribution in [0.15, 0.2) is 29.4 Å². The lowest BCUT2D eigenvalue weighted by Gasteiger charge is -2.20. The first-order valence-corrected chi connectivity index (χ1v) is 9.61. The lowest BCUT2D eigenvalue weighted by atomic mass is 10.1. The highest BCUT2D eigenvalue weighted by molar-refractivity contribution is 5.99. The fraction of sp³-hybridized carbons (Fsp3) is 0.474. The molecular formula is C19H26N8. The molecule has 0 amide bonds. The molecule has 27 heavy (non-hydrogen) atoms. The second kappa shape index (κ2) is 7.77. The number of hydrazone groups is 1. The van der Waals surface area contributed by atoms with Crippen molar-refractivity contribution in [3.8, 4) is 0 Å². The van der Waals surface area contributed by atoms with E-state index in [1.807, 2.05) is 31.2 Å². The van der Waals surface area contributed by atoms with Gasteiger partial charge >= 0.3 is 0 Å². The Labute approximate surface area is 159 Å². The first-order valence-electron chi connectivity index (χ1n) is 9.61. The van der Waals surface area contributed by atoms with Gasteiger partial charge < -0.3 is 15.5 Å². The number of nitrogens with zero attached hydrogens (tertiary/aromatic N) is 6. The Hall–Kier alpha value is -2.90. The standard InChI is InChI=1S/C19H26N8/c1-14(15-6-8-16(20)9-7-15)24-25-17-21-18(26-10-2-3-11-26)23-19(22-17)27-12-4-5-13-27/h6-9H,2-5,10-13,20H2,1H3,(H,21,22,23,25). The Bertz CT molecular complexity index is 771. The topological polar surface area (TPSA) is 95.6 Å². The van der Waals surface area contributed by atoms with E-state index in [1.54, 1.807) is 0 Å². The molecule has 0 radical (unpaired) electrons. The molecule has 3 N–H and O–H groups in total. The monoisotopic (exact) mass is 366 g/mol. The van der Waals surface area contributed by atoms with E-state index in [0.29, 0.717) is 5.95 Å². The van der Waals surface area contributed by atoms with Crippen molar-refractivity contribution in [1.29, 1.82) is 0 Å². The minimum absolute atomic E-state index is 0.489. The highest BCUT2D eigenvalue weighted by Crippen LogP contribution is 2.22. The third-order valence-electron chi connectivity index (χ3n) is 5.04. The van der Waals surface area contributed by atoms with Crippen LogP contribution in [-0.4, -0.2) is 46.8 Å². The Morgan fingerprint density at radius 1 is 0.889 bits per heavy atom. The Morgan fingerprint density at radius 3 is 1.93 bits per heavy atom. The summed E-state index contributed by atoms with van der Waals surface area (Å²) in [5, 5.41) is 4.47. The Kier molecular flexibility index (Phi) is 5.04. The van der Waals surface area contributed by atoms with E-state index in [2.05, 4.69) is 30.3 Å². The lowest BCUT2D eigenvalue weighted by molar-refractivity contribution is 0.838. The van der Waals surface area contributed by atoms with Crippen LogP contribution in [-0.2, 0) is 0 Å². The molecule has 0 unspecified atom stereocenters. The van der Waals surface area contributed by atoms with Crippen molar-refractivity contribution in [3.05, 3.63) is 29.8 Å². The van der Waals surface area contributed by atoms with E-state index in [1.165, 1.54) is 25.7 Å². The third kappa shape index (κ3) is 4.10. The fourth-order valence-corrected chi connectivity index (χ4v) is 3.44. The zero-order valence-corrected chi connectivity index (χ0v) is 15.7. The molecule has 0 aliphatic carbocycles. The maximum Gasteiger partial charge on any atom is 0.250 e. The summed E-state index contributed by atoms with van der Waals surface area (Å²) in [6, 6.07) is 7.64. The van der Waals surface area contributed by atoms with Crippen molar-refractivity contribution in [3.63, 3.8) is 0 Å². The Morgan fingerprint density at radius 2 is 1.41 bits per heavy atom. The van der Waals surface area contributed by atoms with Gasteiger partial charge in [-0.3, -0.25) is 0 Å². The van der Waals surface area contributed by atoms with Crippen molar-refractivity contribution in [1.82, 2.24) is 15.0 Å². The van der Waals surface area contributed by atoms with E-state index in [0.717, 1.165) is 55.0 Å². The number of rotatable bonds is 5. The molecule has 2 aromatic rings. The van der Waals surface area contributed by atoms with Gasteiger partial charge in [0.2, 0.25) is 17.8 Å². The molecule has 0 saturated carbocycles. The van der Waals surface area contributed by atoms with E-state index < -0.39 is 0 Å². The maximum absolute atomic E-state index is 5.75. The van der Waals surface area contributed by atoms with Crippen molar-refractivity contribution in [2.24, 2.45) is 5.10 Å². The number of anilines is 4. The highest BCUT2D eigenvalue weighted by atomic mass is 15.4. The largest absolute Gasteiger partial charge is 0.399 e. The van der Waals surface area contributed by atoms with Crippen LogP contribution < -0.4 is 21.0 Å². The summed E-state index contributed by atoms with van der Waals surface area (Å²) in [5.41, 5.74) is 11.4. The number of nitrogens with one attached hydrogen (secondary N) is 1. The number of nitrogen functional groups attached to an aromatic ring is 1. The van der Waals surface area contributed by atoms with Crippen LogP contribution in [0.1, 0.15) is 38.2 Å². The van der Waals surface area contributed by atoms with Gasteiger partial charge in [0.25, 0.3) is 0 Å². The molecule has 0 bridgehead atoms. The van der Waals surface area contributed by atoms with Crippen LogP contribution in [0.5, 0.6) is 0 Å². The van der Waals surface area contributed by atoms with Crippen LogP contribution in [0.4, 0.5) is 23.5 Å². The number of hydrogen-bond acceptors (Lipinski definition) is 8. The molecule has 2 aliphatic rings. The lowest BCUT2D eigenvalue weighted by Crippen LogP contribution is -2.25. The van der Waals surface area contributed by atoms with Gasteiger partial charge in [0.05, 0.1) is 5.71 Å². The summed E-state index contributed by atoms with van der Waals surface area (Å²) >= 11 is 0. The molecule has 142 valence electrons. The summed E-state index contributed by atoms with van der Waals surface area (Å²) in [4.78, 5) is 18.4. The predicted octanol–water partition coefficient (Wildman–Crippen LogP) is 2.49. The zero-order chi connectivity index (χ0) is 18.6. The number of nitrogens with two attached hydrogens (primary N) is 1. The maximum atomic E-state index is 5.75. The summed E-state index contributed by atoms with van der Waals surface area (Å²) in [7, 11) is 0. The second-order valence-electron chi connectivity index (χ2n) is 7.08. The van der Waals surface area contributed by atoms with E-state index >= 15 is 0 Å². The minimum Gasteiger partial charge on any atom is -0.399 e. The average molecular weight is 366 g/mol. The van der Waals surface area contributed by atoms with Gasteiger partial charge in [-0.2, -0.15) is 20.1 Å².